The number of anilines is 2. The number of rotatable bonds is 7. The Hall–Kier alpha value is -2.72. The number of ether oxygens (including phenoxy) is 2. The molecule has 9 nitrogen and oxygen atoms in total. The second kappa shape index (κ2) is 8.43. The van der Waals surface area contributed by atoms with Gasteiger partial charge in [-0.05, 0) is 17.2 Å². The molecule has 0 aliphatic carbocycles. The Bertz CT molecular complexity index is 1090. The SMILES string of the molecule is CN(C)c1cc2c(cc1Sc1nc3c(N)ncnc3n1CCNCC(C)(C)C)OCO2. The van der Waals surface area contributed by atoms with Crippen molar-refractivity contribution >= 4 is 34.4 Å². The molecule has 0 saturated heterocycles. The lowest BCUT2D eigenvalue weighted by Gasteiger charge is -2.19. The second-order valence-electron chi connectivity index (χ2n) is 8.88. The maximum Gasteiger partial charge on any atom is 0.231 e. The van der Waals surface area contributed by atoms with Gasteiger partial charge in [-0.15, -0.1) is 0 Å². The fraction of sp³-hybridized carbons (Fsp3) is 0.476. The van der Waals surface area contributed by atoms with Crippen LogP contribution in [0.4, 0.5) is 11.5 Å². The van der Waals surface area contributed by atoms with E-state index in [4.69, 9.17) is 20.2 Å². The van der Waals surface area contributed by atoms with Gasteiger partial charge in [-0.25, -0.2) is 15.0 Å². The summed E-state index contributed by atoms with van der Waals surface area (Å²) in [6, 6.07) is 4.00. The van der Waals surface area contributed by atoms with E-state index in [2.05, 4.69) is 45.5 Å². The van der Waals surface area contributed by atoms with Crippen LogP contribution in [0.5, 0.6) is 11.5 Å². The lowest BCUT2D eigenvalue weighted by Crippen LogP contribution is -2.29. The van der Waals surface area contributed by atoms with Gasteiger partial charge in [-0.1, -0.05) is 20.8 Å². The molecule has 1 aliphatic heterocycles. The van der Waals surface area contributed by atoms with Gasteiger partial charge in [0.05, 0.1) is 5.69 Å². The maximum absolute atomic E-state index is 6.10. The minimum Gasteiger partial charge on any atom is -0.454 e. The third kappa shape index (κ3) is 4.64. The van der Waals surface area contributed by atoms with Crippen molar-refractivity contribution in [3.63, 3.8) is 0 Å². The molecule has 1 aromatic carbocycles. The van der Waals surface area contributed by atoms with E-state index in [0.29, 0.717) is 17.9 Å². The van der Waals surface area contributed by atoms with Crippen LogP contribution in [0.25, 0.3) is 11.2 Å². The van der Waals surface area contributed by atoms with Crippen molar-refractivity contribution in [1.29, 1.82) is 0 Å². The van der Waals surface area contributed by atoms with Gasteiger partial charge in [0.25, 0.3) is 0 Å². The number of imidazole rings is 1. The van der Waals surface area contributed by atoms with Gasteiger partial charge in [0.15, 0.2) is 33.6 Å². The van der Waals surface area contributed by atoms with E-state index in [9.17, 15) is 0 Å². The Morgan fingerprint density at radius 1 is 1.19 bits per heavy atom. The number of hydrogen-bond donors (Lipinski definition) is 2. The summed E-state index contributed by atoms with van der Waals surface area (Å²) in [5, 5.41) is 4.33. The quantitative estimate of drug-likeness (QED) is 0.533. The molecule has 4 rings (SSSR count). The van der Waals surface area contributed by atoms with Crippen LogP contribution in [0, 0.1) is 5.41 Å². The smallest absolute Gasteiger partial charge is 0.231 e. The van der Waals surface area contributed by atoms with Crippen LogP contribution in [0.15, 0.2) is 28.5 Å². The van der Waals surface area contributed by atoms with E-state index in [1.165, 1.54) is 6.33 Å². The summed E-state index contributed by atoms with van der Waals surface area (Å²) in [5.74, 6) is 1.87. The fourth-order valence-electron chi connectivity index (χ4n) is 3.31. The third-order valence-electron chi connectivity index (χ3n) is 4.83. The Morgan fingerprint density at radius 2 is 1.94 bits per heavy atom. The van der Waals surface area contributed by atoms with E-state index in [1.54, 1.807) is 11.8 Å². The van der Waals surface area contributed by atoms with Crippen LogP contribution in [0.1, 0.15) is 20.8 Å². The molecule has 3 aromatic rings. The topological polar surface area (TPSA) is 103 Å². The molecule has 2 aromatic heterocycles. The molecule has 0 bridgehead atoms. The largest absolute Gasteiger partial charge is 0.454 e. The molecule has 0 spiro atoms. The molecule has 0 unspecified atom stereocenters. The van der Waals surface area contributed by atoms with Crippen LogP contribution >= 0.6 is 11.8 Å². The minimum atomic E-state index is 0.217. The van der Waals surface area contributed by atoms with Crippen molar-refractivity contribution in [3.05, 3.63) is 18.5 Å². The highest BCUT2D eigenvalue weighted by Crippen LogP contribution is 2.44. The monoisotopic (exact) mass is 443 g/mol. The molecule has 0 fully saturated rings. The third-order valence-corrected chi connectivity index (χ3v) is 5.87. The first-order valence-electron chi connectivity index (χ1n) is 10.2. The fourth-order valence-corrected chi connectivity index (χ4v) is 4.44. The zero-order valence-electron chi connectivity index (χ0n) is 18.6. The van der Waals surface area contributed by atoms with Crippen molar-refractivity contribution in [2.75, 3.05) is 44.6 Å². The van der Waals surface area contributed by atoms with Crippen molar-refractivity contribution in [3.8, 4) is 11.5 Å². The van der Waals surface area contributed by atoms with E-state index < -0.39 is 0 Å². The Kier molecular flexibility index (Phi) is 5.85. The van der Waals surface area contributed by atoms with Gasteiger partial charge in [0, 0.05) is 50.8 Å². The molecule has 1 aliphatic rings. The second-order valence-corrected chi connectivity index (χ2v) is 9.89. The van der Waals surface area contributed by atoms with Gasteiger partial charge in [-0.3, -0.25) is 0 Å². The van der Waals surface area contributed by atoms with Gasteiger partial charge < -0.3 is 30.0 Å². The van der Waals surface area contributed by atoms with E-state index in [-0.39, 0.29) is 12.2 Å². The maximum atomic E-state index is 6.10. The van der Waals surface area contributed by atoms with Crippen LogP contribution in [-0.4, -0.2) is 53.5 Å². The number of nitrogens with one attached hydrogen (secondary N) is 1. The standard InChI is InChI=1S/C21H29N7O2S/c1-21(2,3)10-23-6-7-28-19-17(18(22)24-11-25-19)26-20(28)31-16-9-15-14(29-12-30-15)8-13(16)27(4)5/h8-9,11,23H,6-7,10,12H2,1-5H3,(H2,22,24,25). The summed E-state index contributed by atoms with van der Waals surface area (Å²) >= 11 is 1.56. The summed E-state index contributed by atoms with van der Waals surface area (Å²) in [6.07, 6.45) is 1.48. The van der Waals surface area contributed by atoms with Crippen LogP contribution in [-0.2, 0) is 6.54 Å². The highest BCUT2D eigenvalue weighted by atomic mass is 32.2. The number of benzene rings is 1. The summed E-state index contributed by atoms with van der Waals surface area (Å²) in [5.41, 5.74) is 8.70. The minimum absolute atomic E-state index is 0.217. The zero-order valence-corrected chi connectivity index (χ0v) is 19.4. The Morgan fingerprint density at radius 3 is 2.65 bits per heavy atom. The van der Waals surface area contributed by atoms with Crippen molar-refractivity contribution in [2.45, 2.75) is 37.4 Å². The molecule has 3 N–H and O–H groups in total. The molecule has 10 heteroatoms. The lowest BCUT2D eigenvalue weighted by atomic mass is 9.97. The molecule has 0 amide bonds. The molecule has 3 heterocycles. The Balaban J connectivity index is 1.68. The average Bonchev–Trinajstić information content (AvgIpc) is 3.29. The normalized spacial score (nSPS) is 13.2. The van der Waals surface area contributed by atoms with Crippen LogP contribution < -0.4 is 25.4 Å². The predicted octanol–water partition coefficient (Wildman–Crippen LogP) is 2.99. The first-order chi connectivity index (χ1) is 14.7. The van der Waals surface area contributed by atoms with Gasteiger partial charge in [-0.2, -0.15) is 0 Å². The van der Waals surface area contributed by atoms with Gasteiger partial charge in [0.1, 0.15) is 6.33 Å². The first-order valence-corrected chi connectivity index (χ1v) is 11.0. The van der Waals surface area contributed by atoms with Crippen molar-refractivity contribution in [2.24, 2.45) is 5.41 Å². The van der Waals surface area contributed by atoms with Crippen LogP contribution in [0.2, 0.25) is 0 Å². The molecule has 0 atom stereocenters. The molecular weight excluding hydrogens is 414 g/mol. The van der Waals surface area contributed by atoms with Crippen LogP contribution in [0.3, 0.4) is 0 Å². The number of hydrogen-bond acceptors (Lipinski definition) is 9. The molecule has 0 radical (unpaired) electrons. The summed E-state index contributed by atoms with van der Waals surface area (Å²) in [7, 11) is 4.01. The molecule has 31 heavy (non-hydrogen) atoms. The van der Waals surface area contributed by atoms with Crippen molar-refractivity contribution in [1.82, 2.24) is 24.8 Å². The molecule has 166 valence electrons. The van der Waals surface area contributed by atoms with E-state index in [1.807, 2.05) is 26.2 Å². The van der Waals surface area contributed by atoms with Gasteiger partial charge in [0.2, 0.25) is 6.79 Å². The van der Waals surface area contributed by atoms with Gasteiger partial charge >= 0.3 is 0 Å². The highest BCUT2D eigenvalue weighted by molar-refractivity contribution is 7.99. The number of aromatic nitrogens is 4. The zero-order chi connectivity index (χ0) is 22.2. The number of nitrogens with two attached hydrogens (primary N) is 1. The summed E-state index contributed by atoms with van der Waals surface area (Å²) in [4.78, 5) is 16.4. The first kappa shape index (κ1) is 21.5. The molecular formula is C21H29N7O2S. The highest BCUT2D eigenvalue weighted by Gasteiger charge is 2.22. The van der Waals surface area contributed by atoms with E-state index in [0.717, 1.165) is 46.0 Å². The predicted molar refractivity (Wildman–Crippen MR) is 123 cm³/mol. The number of nitrogens with zero attached hydrogens (tertiary/aromatic N) is 5. The Labute approximate surface area is 186 Å². The average molecular weight is 444 g/mol. The number of nitrogen functional groups attached to an aromatic ring is 1. The summed E-state index contributed by atoms with van der Waals surface area (Å²) in [6.45, 7) is 9.31. The van der Waals surface area contributed by atoms with E-state index >= 15 is 0 Å². The summed E-state index contributed by atoms with van der Waals surface area (Å²) < 4.78 is 13.2. The number of fused-ring (bicyclic) bond motifs is 2. The lowest BCUT2D eigenvalue weighted by molar-refractivity contribution is 0.174. The van der Waals surface area contributed by atoms with Crippen molar-refractivity contribution < 1.29 is 9.47 Å². The molecule has 0 saturated carbocycles.